The van der Waals surface area contributed by atoms with Gasteiger partial charge in [-0.1, -0.05) is 184 Å². The van der Waals surface area contributed by atoms with Crippen LogP contribution in [0, 0.1) is 0 Å². The summed E-state index contributed by atoms with van der Waals surface area (Å²) in [5, 5.41) is 9.51. The second kappa shape index (κ2) is 14.4. The third kappa shape index (κ3) is 5.88. The summed E-state index contributed by atoms with van der Waals surface area (Å²) in [6.45, 7) is 4.70. The number of nitrogens with zero attached hydrogens (tertiary/aromatic N) is 1. The normalized spacial score (nSPS) is 12.9. The average Bonchev–Trinajstić information content (AvgIpc) is 3.87. The summed E-state index contributed by atoms with van der Waals surface area (Å²) in [5.74, 6) is 0. The van der Waals surface area contributed by atoms with E-state index < -0.39 is 0 Å². The molecule has 1 aliphatic carbocycles. The van der Waals surface area contributed by atoms with Gasteiger partial charge >= 0.3 is 0 Å². The third-order valence-corrected chi connectivity index (χ3v) is 14.0. The molecule has 11 aromatic carbocycles. The molecular formula is C63H43NO. The van der Waals surface area contributed by atoms with Gasteiger partial charge in [-0.15, -0.1) is 0 Å². The first-order chi connectivity index (χ1) is 32.0. The minimum absolute atomic E-state index is 0.120. The highest BCUT2D eigenvalue weighted by atomic mass is 16.3. The van der Waals surface area contributed by atoms with Crippen LogP contribution in [0.4, 0.5) is 17.1 Å². The summed E-state index contributed by atoms with van der Waals surface area (Å²) in [4.78, 5) is 2.40. The molecule has 2 nitrogen and oxygen atoms in total. The van der Waals surface area contributed by atoms with E-state index in [1.165, 1.54) is 65.9 Å². The zero-order chi connectivity index (χ0) is 43.2. The fraction of sp³-hybridized carbons (Fsp3) is 0.0476. The number of rotatable bonds is 6. The third-order valence-electron chi connectivity index (χ3n) is 14.0. The van der Waals surface area contributed by atoms with E-state index in [1.54, 1.807) is 0 Å². The molecule has 1 heterocycles. The Morgan fingerprint density at radius 2 is 0.892 bits per heavy atom. The van der Waals surface area contributed by atoms with E-state index in [-0.39, 0.29) is 5.41 Å². The smallest absolute Gasteiger partial charge is 0.143 e. The van der Waals surface area contributed by atoms with Crippen LogP contribution in [0.2, 0.25) is 0 Å². The molecule has 0 spiro atoms. The lowest BCUT2D eigenvalue weighted by molar-refractivity contribution is 0.660. The van der Waals surface area contributed by atoms with E-state index in [1.807, 2.05) is 0 Å². The summed E-state index contributed by atoms with van der Waals surface area (Å²) < 4.78 is 7.07. The predicted molar refractivity (Wildman–Crippen MR) is 275 cm³/mol. The first-order valence-electron chi connectivity index (χ1n) is 22.6. The molecule has 12 aromatic rings. The van der Waals surface area contributed by atoms with Gasteiger partial charge in [0.05, 0.1) is 0 Å². The molecule has 1 aromatic heterocycles. The molecule has 0 N–H and O–H groups in total. The Morgan fingerprint density at radius 1 is 0.338 bits per heavy atom. The molecule has 0 aliphatic heterocycles. The zero-order valence-corrected chi connectivity index (χ0v) is 36.2. The lowest BCUT2D eigenvalue weighted by atomic mass is 9.82. The lowest BCUT2D eigenvalue weighted by Gasteiger charge is -2.28. The molecule has 0 saturated carbocycles. The average molecular weight is 830 g/mol. The van der Waals surface area contributed by atoms with Gasteiger partial charge in [0.1, 0.15) is 11.2 Å². The van der Waals surface area contributed by atoms with Gasteiger partial charge in [0.15, 0.2) is 0 Å². The van der Waals surface area contributed by atoms with Crippen LogP contribution in [0.1, 0.15) is 25.0 Å². The lowest BCUT2D eigenvalue weighted by Crippen LogP contribution is -2.16. The van der Waals surface area contributed by atoms with E-state index in [0.717, 1.165) is 61.1 Å². The van der Waals surface area contributed by atoms with Crippen LogP contribution in [0.25, 0.3) is 98.8 Å². The summed E-state index contributed by atoms with van der Waals surface area (Å²) in [6.07, 6.45) is 0. The number of furan rings is 1. The summed E-state index contributed by atoms with van der Waals surface area (Å²) in [6, 6.07) is 82.1. The molecule has 2 heteroatoms. The minimum Gasteiger partial charge on any atom is -0.455 e. The van der Waals surface area contributed by atoms with Crippen molar-refractivity contribution in [2.24, 2.45) is 0 Å². The second-order valence-corrected chi connectivity index (χ2v) is 18.1. The topological polar surface area (TPSA) is 16.4 Å². The van der Waals surface area contributed by atoms with Crippen molar-refractivity contribution in [1.29, 1.82) is 0 Å². The van der Waals surface area contributed by atoms with E-state index in [9.17, 15) is 0 Å². The van der Waals surface area contributed by atoms with Crippen LogP contribution >= 0.6 is 0 Å². The molecule has 0 amide bonds. The highest BCUT2D eigenvalue weighted by Gasteiger charge is 2.35. The highest BCUT2D eigenvalue weighted by Crippen LogP contribution is 2.51. The number of hydrogen-bond acceptors (Lipinski definition) is 2. The Labute approximate surface area is 378 Å². The summed E-state index contributed by atoms with van der Waals surface area (Å²) in [7, 11) is 0. The number of hydrogen-bond donors (Lipinski definition) is 0. The monoisotopic (exact) mass is 829 g/mol. The largest absolute Gasteiger partial charge is 0.455 e. The van der Waals surface area contributed by atoms with Crippen molar-refractivity contribution >= 4 is 71.3 Å². The fourth-order valence-electron chi connectivity index (χ4n) is 10.8. The van der Waals surface area contributed by atoms with E-state index in [4.69, 9.17) is 4.42 Å². The van der Waals surface area contributed by atoms with Crippen molar-refractivity contribution in [3.05, 3.63) is 236 Å². The zero-order valence-electron chi connectivity index (χ0n) is 36.2. The molecule has 0 fully saturated rings. The summed E-state index contributed by atoms with van der Waals surface area (Å²) >= 11 is 0. The maximum absolute atomic E-state index is 7.07. The Morgan fingerprint density at radius 3 is 1.65 bits per heavy atom. The van der Waals surface area contributed by atoms with Gasteiger partial charge in [0, 0.05) is 38.6 Å². The van der Waals surface area contributed by atoms with Crippen molar-refractivity contribution in [3.63, 3.8) is 0 Å². The van der Waals surface area contributed by atoms with Gasteiger partial charge < -0.3 is 9.32 Å². The second-order valence-electron chi connectivity index (χ2n) is 18.1. The van der Waals surface area contributed by atoms with Crippen molar-refractivity contribution in [2.75, 3.05) is 4.90 Å². The Bertz CT molecular complexity index is 3840. The van der Waals surface area contributed by atoms with Crippen LogP contribution < -0.4 is 4.90 Å². The number of anilines is 3. The van der Waals surface area contributed by atoms with E-state index in [2.05, 4.69) is 243 Å². The van der Waals surface area contributed by atoms with Gasteiger partial charge in [0.2, 0.25) is 0 Å². The van der Waals surface area contributed by atoms with Gasteiger partial charge in [-0.05, 0) is 137 Å². The molecule has 0 saturated heterocycles. The van der Waals surface area contributed by atoms with Crippen molar-refractivity contribution in [2.45, 2.75) is 19.3 Å². The molecule has 13 rings (SSSR count). The quantitative estimate of drug-likeness (QED) is 0.155. The van der Waals surface area contributed by atoms with Crippen LogP contribution in [-0.2, 0) is 5.41 Å². The molecule has 0 atom stereocenters. The molecule has 306 valence electrons. The summed E-state index contributed by atoms with van der Waals surface area (Å²) in [5.41, 5.74) is 17.3. The number of benzene rings is 11. The van der Waals surface area contributed by atoms with Gasteiger partial charge in [-0.2, -0.15) is 0 Å². The number of fused-ring (bicyclic) bond motifs is 12. The molecule has 65 heavy (non-hydrogen) atoms. The first-order valence-corrected chi connectivity index (χ1v) is 22.6. The maximum atomic E-state index is 7.07. The molecule has 0 radical (unpaired) electrons. The van der Waals surface area contributed by atoms with Crippen molar-refractivity contribution in [3.8, 4) is 44.5 Å². The van der Waals surface area contributed by atoms with Crippen LogP contribution in [-0.4, -0.2) is 0 Å². The highest BCUT2D eigenvalue weighted by molar-refractivity contribution is 6.32. The van der Waals surface area contributed by atoms with Crippen molar-refractivity contribution < 1.29 is 4.42 Å². The molecule has 0 bridgehead atoms. The van der Waals surface area contributed by atoms with E-state index in [0.29, 0.717) is 0 Å². The van der Waals surface area contributed by atoms with E-state index >= 15 is 0 Å². The molecule has 1 aliphatic rings. The SMILES string of the molecule is CC1(C)c2ccccc2-c2ccc(N(c3ccc(-c4ccccc4)cc3)c3ccc(-c4cc(-c5ccc6ccccc6c5)c5c(c4)oc4c6ccccc6c6ccccc6c45)cc3)cc21. The minimum atomic E-state index is -0.120. The Kier molecular flexibility index (Phi) is 8.29. The van der Waals surface area contributed by atoms with Crippen molar-refractivity contribution in [1.82, 2.24) is 0 Å². The van der Waals surface area contributed by atoms with Gasteiger partial charge in [-0.25, -0.2) is 0 Å². The molecular weight excluding hydrogens is 787 g/mol. The van der Waals surface area contributed by atoms with Gasteiger partial charge in [0.25, 0.3) is 0 Å². The Balaban J connectivity index is 0.985. The maximum Gasteiger partial charge on any atom is 0.143 e. The van der Waals surface area contributed by atoms with Crippen LogP contribution in [0.15, 0.2) is 229 Å². The van der Waals surface area contributed by atoms with Gasteiger partial charge in [-0.3, -0.25) is 0 Å². The fourth-order valence-corrected chi connectivity index (χ4v) is 10.8. The molecule has 0 unspecified atom stereocenters. The van der Waals surface area contributed by atoms with Crippen LogP contribution in [0.3, 0.4) is 0 Å². The Hall–Kier alpha value is -8.20. The predicted octanol–water partition coefficient (Wildman–Crippen LogP) is 17.8. The van der Waals surface area contributed by atoms with Crippen LogP contribution in [0.5, 0.6) is 0 Å². The first kappa shape index (κ1) is 37.4. The standard InChI is InChI=1S/C63H43NO/c1-63(2)57-23-13-12-20-52(57)53-35-34-49(39-58(53)63)64(47-30-26-42(27-31-47)40-14-4-3-5-15-40)48-32-28-43(29-33-48)46-37-56(45-25-24-41-16-6-7-17-44(41)36-45)60-59(38-46)65-62-55-22-11-9-19-51(55)50-18-8-10-21-54(50)61(60)62/h3-39H,1-2H3.